The van der Waals surface area contributed by atoms with Crippen LogP contribution in [-0.4, -0.2) is 75.9 Å². The summed E-state index contributed by atoms with van der Waals surface area (Å²) < 4.78 is 32.0. The Morgan fingerprint density at radius 1 is 1.03 bits per heavy atom. The number of amides is 2. The number of fused-ring (bicyclic) bond motifs is 1. The highest BCUT2D eigenvalue weighted by molar-refractivity contribution is 6.10. The lowest BCUT2D eigenvalue weighted by molar-refractivity contribution is -0.155. The van der Waals surface area contributed by atoms with Crippen molar-refractivity contribution >= 4 is 18.0 Å². The van der Waals surface area contributed by atoms with Crippen LogP contribution in [-0.2, 0) is 14.2 Å². The van der Waals surface area contributed by atoms with E-state index in [9.17, 15) is 14.4 Å². The zero-order valence-corrected chi connectivity index (χ0v) is 18.1. The summed E-state index contributed by atoms with van der Waals surface area (Å²) in [6, 6.07) is 0.613. The Labute approximate surface area is 178 Å². The lowest BCUT2D eigenvalue weighted by Gasteiger charge is -2.45. The van der Waals surface area contributed by atoms with Crippen LogP contribution in [0.2, 0.25) is 0 Å². The number of methoxy groups -OCH3 is 5. The van der Waals surface area contributed by atoms with E-state index >= 15 is 0 Å². The van der Waals surface area contributed by atoms with Gasteiger partial charge in [-0.05, 0) is 24.6 Å². The first-order valence-electron chi connectivity index (χ1n) is 9.32. The number of ether oxygens (including phenoxy) is 6. The zero-order valence-electron chi connectivity index (χ0n) is 18.1. The van der Waals surface area contributed by atoms with E-state index in [1.54, 1.807) is 19.1 Å². The molecule has 0 saturated heterocycles. The molecule has 2 amide bonds. The molecule has 0 spiro atoms. The molecule has 1 aromatic carbocycles. The van der Waals surface area contributed by atoms with Crippen molar-refractivity contribution in [1.29, 1.82) is 0 Å². The predicted octanol–water partition coefficient (Wildman–Crippen LogP) is 2.30. The largest absolute Gasteiger partial charge is 0.493 e. The molecule has 2 aliphatic heterocycles. The highest BCUT2D eigenvalue weighted by atomic mass is 16.6. The molecule has 4 rings (SSSR count). The van der Waals surface area contributed by atoms with Gasteiger partial charge in [0, 0.05) is 7.11 Å². The number of rotatable bonds is 5. The van der Waals surface area contributed by atoms with Crippen molar-refractivity contribution in [2.45, 2.75) is 18.7 Å². The van der Waals surface area contributed by atoms with Crippen molar-refractivity contribution in [3.05, 3.63) is 29.3 Å². The van der Waals surface area contributed by atoms with E-state index in [-0.39, 0.29) is 29.4 Å². The topological polar surface area (TPSA) is 113 Å². The summed E-state index contributed by atoms with van der Waals surface area (Å²) in [5, 5.41) is 1.75. The van der Waals surface area contributed by atoms with Gasteiger partial charge in [0.25, 0.3) is 0 Å². The van der Waals surface area contributed by atoms with Crippen LogP contribution in [0.15, 0.2) is 18.2 Å². The number of hydrogen-bond acceptors (Lipinski definition) is 9. The Morgan fingerprint density at radius 3 is 2.23 bits per heavy atom. The first-order chi connectivity index (χ1) is 14.9. The van der Waals surface area contributed by atoms with Crippen molar-refractivity contribution in [2.75, 3.05) is 42.2 Å². The van der Waals surface area contributed by atoms with Crippen LogP contribution in [0, 0.1) is 0 Å². The van der Waals surface area contributed by atoms with E-state index in [0.29, 0.717) is 5.56 Å². The third-order valence-corrected chi connectivity index (χ3v) is 5.13. The number of nitrogens with zero attached hydrogens (tertiary/aromatic N) is 2. The Hall–Kier alpha value is -3.47. The summed E-state index contributed by atoms with van der Waals surface area (Å²) in [6.45, 7) is 1.95. The maximum absolute atomic E-state index is 13.9. The SMILES string of the molecule is CCOc1c(OC)c(OC)cc2c1C(=O)[C@]1(OC)C=C[C@H]2N(C(=O)OC)N1C(=O)OC. The van der Waals surface area contributed by atoms with Gasteiger partial charge >= 0.3 is 12.2 Å². The molecular weight excluding hydrogens is 412 g/mol. The van der Waals surface area contributed by atoms with Gasteiger partial charge in [0.2, 0.25) is 17.3 Å². The third-order valence-electron chi connectivity index (χ3n) is 5.13. The third kappa shape index (κ3) is 3.03. The molecule has 0 saturated carbocycles. The number of Topliss-reactive ketones (excluding diaryl/α,β-unsaturated/α-hetero) is 1. The molecule has 1 aliphatic carbocycles. The van der Waals surface area contributed by atoms with Gasteiger partial charge < -0.3 is 28.4 Å². The van der Waals surface area contributed by atoms with E-state index < -0.39 is 29.7 Å². The van der Waals surface area contributed by atoms with E-state index in [4.69, 9.17) is 28.4 Å². The van der Waals surface area contributed by atoms with E-state index in [0.717, 1.165) is 24.2 Å². The first-order valence-corrected chi connectivity index (χ1v) is 9.32. The molecule has 2 atom stereocenters. The molecule has 11 nitrogen and oxygen atoms in total. The fourth-order valence-electron chi connectivity index (χ4n) is 3.82. The summed E-state index contributed by atoms with van der Waals surface area (Å²) >= 11 is 0. The second-order valence-corrected chi connectivity index (χ2v) is 6.47. The zero-order chi connectivity index (χ0) is 22.9. The van der Waals surface area contributed by atoms with Crippen LogP contribution in [0.5, 0.6) is 17.2 Å². The minimum atomic E-state index is -2.03. The molecule has 0 fully saturated rings. The summed E-state index contributed by atoms with van der Waals surface area (Å²) in [6.07, 6.45) is 1.05. The molecule has 1 aromatic rings. The number of hydrogen-bond donors (Lipinski definition) is 0. The molecule has 0 N–H and O–H groups in total. The lowest BCUT2D eigenvalue weighted by Crippen LogP contribution is -2.65. The minimum absolute atomic E-state index is 0.0802. The lowest BCUT2D eigenvalue weighted by atomic mass is 9.95. The fraction of sp³-hybridized carbons (Fsp3) is 0.450. The molecule has 3 aliphatic rings. The molecule has 0 unspecified atom stereocenters. The van der Waals surface area contributed by atoms with Crippen molar-refractivity contribution in [3.63, 3.8) is 0 Å². The standard InChI is InChI=1S/C20H24N2O9/c1-7-31-16-14-11(10-13(26-2)15(16)27-3)12-8-9-20(30-6,17(14)23)22(19(25)29-5)21(12)18(24)28-4/h8-10,12H,7H2,1-6H3/t12-,20-/m1/s1. The molecule has 0 radical (unpaired) electrons. The monoisotopic (exact) mass is 436 g/mol. The number of hydrazine groups is 1. The van der Waals surface area contributed by atoms with Gasteiger partial charge in [-0.2, -0.15) is 10.0 Å². The average molecular weight is 436 g/mol. The molecule has 11 heteroatoms. The molecule has 0 aromatic heterocycles. The highest BCUT2D eigenvalue weighted by Gasteiger charge is 2.59. The van der Waals surface area contributed by atoms with Crippen LogP contribution in [0.3, 0.4) is 0 Å². The minimum Gasteiger partial charge on any atom is -0.493 e. The molecule has 2 heterocycles. The number of ketones is 1. The molecular formula is C20H24N2O9. The van der Waals surface area contributed by atoms with Gasteiger partial charge in [-0.3, -0.25) is 4.79 Å². The molecule has 31 heavy (non-hydrogen) atoms. The van der Waals surface area contributed by atoms with Gasteiger partial charge in [-0.25, -0.2) is 9.59 Å². The van der Waals surface area contributed by atoms with Gasteiger partial charge in [0.05, 0.1) is 40.6 Å². The van der Waals surface area contributed by atoms with Gasteiger partial charge in [0.15, 0.2) is 11.5 Å². The normalized spacial score (nSPS) is 21.4. The summed E-state index contributed by atoms with van der Waals surface area (Å²) in [5.41, 5.74) is -1.62. The fourth-order valence-corrected chi connectivity index (χ4v) is 3.82. The average Bonchev–Trinajstić information content (AvgIpc) is 2.97. The van der Waals surface area contributed by atoms with Crippen molar-refractivity contribution < 1.29 is 42.8 Å². The first kappa shape index (κ1) is 22.2. The molecule has 168 valence electrons. The number of carbonyl (C=O) groups excluding carboxylic acids is 3. The van der Waals surface area contributed by atoms with E-state index in [1.807, 2.05) is 0 Å². The van der Waals surface area contributed by atoms with Gasteiger partial charge in [0.1, 0.15) is 6.04 Å². The maximum Gasteiger partial charge on any atom is 0.432 e. The maximum atomic E-state index is 13.9. The van der Waals surface area contributed by atoms with Crippen molar-refractivity contribution in [1.82, 2.24) is 10.0 Å². The Morgan fingerprint density at radius 2 is 1.71 bits per heavy atom. The predicted molar refractivity (Wildman–Crippen MR) is 105 cm³/mol. The quantitative estimate of drug-likeness (QED) is 0.642. The second kappa shape index (κ2) is 8.34. The van der Waals surface area contributed by atoms with Crippen LogP contribution in [0.4, 0.5) is 9.59 Å². The summed E-state index contributed by atoms with van der Waals surface area (Å²) in [4.78, 5) is 39.5. The van der Waals surface area contributed by atoms with Crippen molar-refractivity contribution in [3.8, 4) is 17.2 Å². The van der Waals surface area contributed by atoms with Crippen LogP contribution >= 0.6 is 0 Å². The van der Waals surface area contributed by atoms with Crippen LogP contribution in [0.1, 0.15) is 28.9 Å². The Balaban J connectivity index is 2.45. The second-order valence-electron chi connectivity index (χ2n) is 6.47. The summed E-state index contributed by atoms with van der Waals surface area (Å²) in [5.74, 6) is -0.0867. The van der Waals surface area contributed by atoms with Gasteiger partial charge in [-0.1, -0.05) is 6.08 Å². The molecule has 2 bridgehead atoms. The summed E-state index contributed by atoms with van der Waals surface area (Å²) in [7, 11) is 6.36. The number of carbonyl (C=O) groups is 3. The Bertz CT molecular complexity index is 945. The Kier molecular flexibility index (Phi) is 5.98. The van der Waals surface area contributed by atoms with E-state index in [2.05, 4.69) is 0 Å². The van der Waals surface area contributed by atoms with Crippen molar-refractivity contribution in [2.24, 2.45) is 0 Å². The van der Waals surface area contributed by atoms with Crippen LogP contribution < -0.4 is 14.2 Å². The van der Waals surface area contributed by atoms with Gasteiger partial charge in [-0.15, -0.1) is 0 Å². The van der Waals surface area contributed by atoms with E-state index in [1.165, 1.54) is 27.4 Å². The highest BCUT2D eigenvalue weighted by Crippen LogP contribution is 2.51. The van der Waals surface area contributed by atoms with Crippen LogP contribution in [0.25, 0.3) is 0 Å². The number of benzene rings is 1. The smallest absolute Gasteiger partial charge is 0.432 e.